The van der Waals surface area contributed by atoms with Gasteiger partial charge in [0.05, 0.1) is 22.0 Å². The van der Waals surface area contributed by atoms with Gasteiger partial charge in [-0.25, -0.2) is 9.37 Å². The highest BCUT2D eigenvalue weighted by atomic mass is 35.5. The molecule has 3 aromatic rings. The van der Waals surface area contributed by atoms with E-state index in [0.29, 0.717) is 16.3 Å². The third kappa shape index (κ3) is 3.36. The van der Waals surface area contributed by atoms with Crippen molar-refractivity contribution in [3.8, 4) is 6.07 Å². The predicted molar refractivity (Wildman–Crippen MR) is 98.8 cm³/mol. The van der Waals surface area contributed by atoms with Crippen molar-refractivity contribution < 1.29 is 4.39 Å². The molecular formula is C19H17ClFN5. The largest absolute Gasteiger partial charge is 0.368 e. The van der Waals surface area contributed by atoms with Crippen molar-refractivity contribution in [1.29, 1.82) is 5.26 Å². The molecule has 1 aliphatic heterocycles. The van der Waals surface area contributed by atoms with Crippen LogP contribution in [-0.2, 0) is 6.54 Å². The summed E-state index contributed by atoms with van der Waals surface area (Å²) < 4.78 is 15.5. The number of hydrogen-bond donors (Lipinski definition) is 0. The van der Waals surface area contributed by atoms with Crippen molar-refractivity contribution >= 4 is 22.9 Å². The van der Waals surface area contributed by atoms with Gasteiger partial charge in [0.25, 0.3) is 0 Å². The average molecular weight is 370 g/mol. The van der Waals surface area contributed by atoms with E-state index in [2.05, 4.69) is 20.9 Å². The number of aromatic nitrogens is 2. The summed E-state index contributed by atoms with van der Waals surface area (Å²) in [5.41, 5.74) is 3.05. The Hall–Kier alpha value is -2.62. The quantitative estimate of drug-likeness (QED) is 0.710. The van der Waals surface area contributed by atoms with Gasteiger partial charge >= 0.3 is 0 Å². The standard InChI is InChI=1S/C19H17ClFN5/c20-15-2-4-19-23-17(13-26(19)11-15)12-24-5-7-25(8-6-24)18-9-16(21)3-1-14(18)10-22/h1-4,9,11,13H,5-8,12H2. The van der Waals surface area contributed by atoms with Gasteiger partial charge in [-0.1, -0.05) is 11.6 Å². The maximum Gasteiger partial charge on any atom is 0.137 e. The van der Waals surface area contributed by atoms with Crippen LogP contribution in [0.4, 0.5) is 10.1 Å². The summed E-state index contributed by atoms with van der Waals surface area (Å²) in [5.74, 6) is -0.315. The van der Waals surface area contributed by atoms with Crippen LogP contribution in [0.25, 0.3) is 5.65 Å². The Morgan fingerprint density at radius 3 is 2.69 bits per heavy atom. The molecule has 26 heavy (non-hydrogen) atoms. The summed E-state index contributed by atoms with van der Waals surface area (Å²) in [5, 5.41) is 9.93. The van der Waals surface area contributed by atoms with E-state index in [1.807, 2.05) is 28.9 Å². The van der Waals surface area contributed by atoms with Crippen molar-refractivity contribution in [3.05, 3.63) is 64.8 Å². The molecule has 1 fully saturated rings. The first kappa shape index (κ1) is 16.8. The van der Waals surface area contributed by atoms with Gasteiger partial charge in [-0.2, -0.15) is 5.26 Å². The number of imidazole rings is 1. The third-order valence-corrected chi connectivity index (χ3v) is 4.87. The summed E-state index contributed by atoms with van der Waals surface area (Å²) in [7, 11) is 0. The Bertz CT molecular complexity index is 985. The average Bonchev–Trinajstić information content (AvgIpc) is 3.03. The first-order valence-electron chi connectivity index (χ1n) is 8.42. The predicted octanol–water partition coefficient (Wildman–Crippen LogP) is 3.32. The van der Waals surface area contributed by atoms with Gasteiger partial charge in [-0.15, -0.1) is 0 Å². The van der Waals surface area contributed by atoms with Crippen molar-refractivity contribution in [2.24, 2.45) is 0 Å². The highest BCUT2D eigenvalue weighted by molar-refractivity contribution is 6.30. The van der Waals surface area contributed by atoms with Crippen molar-refractivity contribution in [1.82, 2.24) is 14.3 Å². The lowest BCUT2D eigenvalue weighted by Gasteiger charge is -2.36. The molecule has 132 valence electrons. The number of nitrogens with zero attached hydrogens (tertiary/aromatic N) is 5. The monoisotopic (exact) mass is 369 g/mol. The lowest BCUT2D eigenvalue weighted by molar-refractivity contribution is 0.247. The Morgan fingerprint density at radius 2 is 1.92 bits per heavy atom. The number of nitriles is 1. The molecule has 0 saturated carbocycles. The lowest BCUT2D eigenvalue weighted by atomic mass is 10.1. The lowest BCUT2D eigenvalue weighted by Crippen LogP contribution is -2.46. The molecule has 0 radical (unpaired) electrons. The van der Waals surface area contributed by atoms with E-state index in [4.69, 9.17) is 11.6 Å². The summed E-state index contributed by atoms with van der Waals surface area (Å²) in [6, 6.07) is 10.2. The molecule has 0 bridgehead atoms. The van der Waals surface area contributed by atoms with Gasteiger partial charge in [-0.05, 0) is 30.3 Å². The number of rotatable bonds is 3. The molecule has 3 heterocycles. The molecule has 7 heteroatoms. The summed E-state index contributed by atoms with van der Waals surface area (Å²) >= 11 is 6.02. The fourth-order valence-electron chi connectivity index (χ4n) is 3.33. The molecule has 0 unspecified atom stereocenters. The van der Waals surface area contributed by atoms with Crippen molar-refractivity contribution in [3.63, 3.8) is 0 Å². The van der Waals surface area contributed by atoms with Crippen molar-refractivity contribution in [2.75, 3.05) is 31.1 Å². The summed E-state index contributed by atoms with van der Waals surface area (Å²) in [4.78, 5) is 9.00. The molecular weight excluding hydrogens is 353 g/mol. The van der Waals surface area contributed by atoms with Crippen LogP contribution in [0.2, 0.25) is 5.02 Å². The molecule has 0 amide bonds. The topological polar surface area (TPSA) is 47.6 Å². The molecule has 2 aromatic heterocycles. The Morgan fingerprint density at radius 1 is 1.12 bits per heavy atom. The SMILES string of the molecule is N#Cc1ccc(F)cc1N1CCN(Cc2cn3cc(Cl)ccc3n2)CC1. The van der Waals surface area contributed by atoms with E-state index < -0.39 is 0 Å². The van der Waals surface area contributed by atoms with Gasteiger partial charge in [0, 0.05) is 45.1 Å². The Kier molecular flexibility index (Phi) is 4.49. The first-order chi connectivity index (χ1) is 12.6. The molecule has 4 rings (SSSR count). The van der Waals surface area contributed by atoms with Crippen LogP contribution >= 0.6 is 11.6 Å². The zero-order valence-corrected chi connectivity index (χ0v) is 14.8. The number of piperazine rings is 1. The van der Waals surface area contributed by atoms with Gasteiger partial charge in [0.15, 0.2) is 0 Å². The molecule has 0 atom stereocenters. The number of fused-ring (bicyclic) bond motifs is 1. The first-order valence-corrected chi connectivity index (χ1v) is 8.80. The van der Waals surface area contributed by atoms with E-state index in [0.717, 1.165) is 44.1 Å². The van der Waals surface area contributed by atoms with E-state index in [-0.39, 0.29) is 5.82 Å². The van der Waals surface area contributed by atoms with E-state index in [1.54, 1.807) is 6.07 Å². The number of hydrogen-bond acceptors (Lipinski definition) is 4. The molecule has 5 nitrogen and oxygen atoms in total. The smallest absolute Gasteiger partial charge is 0.137 e. The normalized spacial score (nSPS) is 15.3. The number of anilines is 1. The second kappa shape index (κ2) is 6.94. The van der Waals surface area contributed by atoms with Gasteiger partial charge in [-0.3, -0.25) is 4.90 Å². The van der Waals surface area contributed by atoms with Crippen LogP contribution in [0.15, 0.2) is 42.7 Å². The molecule has 1 aliphatic rings. The maximum atomic E-state index is 13.6. The number of benzene rings is 1. The minimum Gasteiger partial charge on any atom is -0.368 e. The molecule has 1 aromatic carbocycles. The molecule has 0 N–H and O–H groups in total. The highest BCUT2D eigenvalue weighted by Gasteiger charge is 2.20. The second-order valence-electron chi connectivity index (χ2n) is 6.38. The van der Waals surface area contributed by atoms with Crippen LogP contribution in [-0.4, -0.2) is 40.5 Å². The molecule has 1 saturated heterocycles. The zero-order valence-electron chi connectivity index (χ0n) is 14.1. The van der Waals surface area contributed by atoms with Crippen LogP contribution in [0.5, 0.6) is 0 Å². The maximum absolute atomic E-state index is 13.6. The highest BCUT2D eigenvalue weighted by Crippen LogP contribution is 2.23. The van der Waals surface area contributed by atoms with Gasteiger partial charge in [0.2, 0.25) is 0 Å². The van der Waals surface area contributed by atoms with Crippen molar-refractivity contribution in [2.45, 2.75) is 6.54 Å². The van der Waals surface area contributed by atoms with Crippen LogP contribution in [0.1, 0.15) is 11.3 Å². The second-order valence-corrected chi connectivity index (χ2v) is 6.82. The van der Waals surface area contributed by atoms with Crippen LogP contribution in [0.3, 0.4) is 0 Å². The molecule has 0 spiro atoms. The van der Waals surface area contributed by atoms with Crippen LogP contribution < -0.4 is 4.90 Å². The zero-order chi connectivity index (χ0) is 18.1. The van der Waals surface area contributed by atoms with Gasteiger partial charge < -0.3 is 9.30 Å². The fraction of sp³-hybridized carbons (Fsp3) is 0.263. The minimum absolute atomic E-state index is 0.315. The third-order valence-electron chi connectivity index (χ3n) is 4.64. The Balaban J connectivity index is 1.43. The molecule has 0 aliphatic carbocycles. The Labute approximate surface area is 155 Å². The van der Waals surface area contributed by atoms with E-state index >= 15 is 0 Å². The van der Waals surface area contributed by atoms with Gasteiger partial charge in [0.1, 0.15) is 17.5 Å². The number of pyridine rings is 1. The van der Waals surface area contributed by atoms with E-state index in [1.165, 1.54) is 12.1 Å². The number of halogens is 2. The van der Waals surface area contributed by atoms with Crippen LogP contribution in [0, 0.1) is 17.1 Å². The fourth-order valence-corrected chi connectivity index (χ4v) is 3.50. The summed E-state index contributed by atoms with van der Waals surface area (Å²) in [6.45, 7) is 3.90. The summed E-state index contributed by atoms with van der Waals surface area (Å²) in [6.07, 6.45) is 3.84. The van der Waals surface area contributed by atoms with E-state index in [9.17, 15) is 9.65 Å². The minimum atomic E-state index is -0.315.